The summed E-state index contributed by atoms with van der Waals surface area (Å²) in [6.07, 6.45) is 2.85. The Labute approximate surface area is 105 Å². The van der Waals surface area contributed by atoms with E-state index < -0.39 is 5.97 Å². The maximum atomic E-state index is 10.9. The van der Waals surface area contributed by atoms with Crippen LogP contribution in [0.3, 0.4) is 0 Å². The van der Waals surface area contributed by atoms with E-state index in [1.54, 1.807) is 0 Å². The van der Waals surface area contributed by atoms with E-state index in [-0.39, 0.29) is 5.69 Å². The molecular formula is C11H16N4O3. The van der Waals surface area contributed by atoms with Crippen LogP contribution in [-0.4, -0.2) is 65.3 Å². The highest BCUT2D eigenvalue weighted by Gasteiger charge is 2.13. The maximum Gasteiger partial charge on any atom is 0.358 e. The van der Waals surface area contributed by atoms with Crippen LogP contribution in [0.4, 0.5) is 5.82 Å². The lowest BCUT2D eigenvalue weighted by atomic mass is 10.4. The van der Waals surface area contributed by atoms with Crippen LogP contribution in [0, 0.1) is 0 Å². The molecule has 0 aliphatic carbocycles. The second-order valence-electron chi connectivity index (χ2n) is 3.94. The zero-order valence-electron chi connectivity index (χ0n) is 10.0. The summed E-state index contributed by atoms with van der Waals surface area (Å²) in [7, 11) is 0. The molecule has 1 aliphatic rings. The predicted octanol–water partition coefficient (Wildman–Crippen LogP) is -0.0811. The van der Waals surface area contributed by atoms with Crippen molar-refractivity contribution in [3.8, 4) is 0 Å². The molecule has 7 nitrogen and oxygen atoms in total. The van der Waals surface area contributed by atoms with Gasteiger partial charge >= 0.3 is 5.97 Å². The monoisotopic (exact) mass is 252 g/mol. The minimum atomic E-state index is -1.07. The summed E-state index contributed by atoms with van der Waals surface area (Å²) < 4.78 is 5.25. The fourth-order valence-corrected chi connectivity index (χ4v) is 1.78. The molecule has 1 aliphatic heterocycles. The summed E-state index contributed by atoms with van der Waals surface area (Å²) in [4.78, 5) is 20.9. The Hall–Kier alpha value is -1.73. The minimum absolute atomic E-state index is 0.0422. The van der Waals surface area contributed by atoms with Gasteiger partial charge in [0.05, 0.1) is 13.2 Å². The van der Waals surface area contributed by atoms with Gasteiger partial charge in [-0.15, -0.1) is 0 Å². The Kier molecular flexibility index (Phi) is 4.43. The Bertz CT molecular complexity index is 407. The quantitative estimate of drug-likeness (QED) is 0.757. The molecule has 18 heavy (non-hydrogen) atoms. The Morgan fingerprint density at radius 2 is 2.11 bits per heavy atom. The molecule has 2 rings (SSSR count). The molecule has 0 atom stereocenters. The number of nitrogens with zero attached hydrogens (tertiary/aromatic N) is 3. The third-order valence-corrected chi connectivity index (χ3v) is 2.72. The van der Waals surface area contributed by atoms with E-state index in [9.17, 15) is 4.79 Å². The van der Waals surface area contributed by atoms with Gasteiger partial charge in [0.15, 0.2) is 11.5 Å². The molecule has 0 radical (unpaired) electrons. The van der Waals surface area contributed by atoms with E-state index in [0.717, 1.165) is 32.8 Å². The van der Waals surface area contributed by atoms with Gasteiger partial charge in [-0.25, -0.2) is 14.8 Å². The van der Waals surface area contributed by atoms with Crippen molar-refractivity contribution >= 4 is 11.8 Å². The number of carboxylic acid groups (broad SMARTS) is 1. The first-order valence-electron chi connectivity index (χ1n) is 5.85. The van der Waals surface area contributed by atoms with E-state index >= 15 is 0 Å². The lowest BCUT2D eigenvalue weighted by molar-refractivity contribution is 0.0398. The highest BCUT2D eigenvalue weighted by molar-refractivity contribution is 5.90. The largest absolute Gasteiger partial charge is 0.476 e. The standard InChI is InChI=1S/C11H16N4O3/c16-11(17)9-10(13-2-1-12-9)14-3-4-15-5-7-18-8-6-15/h1-2H,3-8H2,(H,13,14)(H,16,17). The van der Waals surface area contributed by atoms with Crippen molar-refractivity contribution in [2.45, 2.75) is 0 Å². The molecule has 1 aromatic heterocycles. The number of hydrogen-bond acceptors (Lipinski definition) is 6. The van der Waals surface area contributed by atoms with Crippen molar-refractivity contribution in [3.63, 3.8) is 0 Å². The third kappa shape index (κ3) is 3.38. The van der Waals surface area contributed by atoms with Gasteiger partial charge in [0, 0.05) is 38.6 Å². The number of nitrogens with one attached hydrogen (secondary N) is 1. The SMILES string of the molecule is O=C(O)c1nccnc1NCCN1CCOCC1. The van der Waals surface area contributed by atoms with Crippen molar-refractivity contribution in [1.29, 1.82) is 0 Å². The fraction of sp³-hybridized carbons (Fsp3) is 0.545. The van der Waals surface area contributed by atoms with Gasteiger partial charge in [-0.3, -0.25) is 4.90 Å². The lowest BCUT2D eigenvalue weighted by Crippen LogP contribution is -2.39. The van der Waals surface area contributed by atoms with Crippen molar-refractivity contribution in [1.82, 2.24) is 14.9 Å². The number of hydrogen-bond donors (Lipinski definition) is 2. The van der Waals surface area contributed by atoms with Crippen molar-refractivity contribution < 1.29 is 14.6 Å². The number of ether oxygens (including phenoxy) is 1. The Morgan fingerprint density at radius 3 is 2.83 bits per heavy atom. The smallest absolute Gasteiger partial charge is 0.358 e. The van der Waals surface area contributed by atoms with Crippen LogP contribution in [0.15, 0.2) is 12.4 Å². The zero-order valence-corrected chi connectivity index (χ0v) is 10.0. The summed E-state index contributed by atoms with van der Waals surface area (Å²) in [5.74, 6) is -0.754. The molecule has 0 spiro atoms. The summed E-state index contributed by atoms with van der Waals surface area (Å²) >= 11 is 0. The Morgan fingerprint density at radius 1 is 1.39 bits per heavy atom. The summed E-state index contributed by atoms with van der Waals surface area (Å²) in [5, 5.41) is 11.9. The first-order chi connectivity index (χ1) is 8.77. The van der Waals surface area contributed by atoms with Gasteiger partial charge in [-0.05, 0) is 0 Å². The summed E-state index contributed by atoms with van der Waals surface area (Å²) in [5.41, 5.74) is -0.0422. The normalized spacial score (nSPS) is 16.4. The average molecular weight is 252 g/mol. The van der Waals surface area contributed by atoms with Gasteiger partial charge in [0.1, 0.15) is 0 Å². The number of rotatable bonds is 5. The fourth-order valence-electron chi connectivity index (χ4n) is 1.78. The van der Waals surface area contributed by atoms with Gasteiger partial charge < -0.3 is 15.2 Å². The van der Waals surface area contributed by atoms with E-state index in [0.29, 0.717) is 12.4 Å². The van der Waals surface area contributed by atoms with E-state index in [4.69, 9.17) is 9.84 Å². The topological polar surface area (TPSA) is 87.6 Å². The molecule has 1 aromatic rings. The molecule has 0 bridgehead atoms. The molecule has 2 N–H and O–H groups in total. The number of morpholine rings is 1. The average Bonchev–Trinajstić information content (AvgIpc) is 2.40. The van der Waals surface area contributed by atoms with E-state index in [2.05, 4.69) is 20.2 Å². The van der Waals surface area contributed by atoms with Crippen LogP contribution in [0.1, 0.15) is 10.5 Å². The molecule has 0 amide bonds. The highest BCUT2D eigenvalue weighted by Crippen LogP contribution is 2.07. The number of aromatic nitrogens is 2. The second kappa shape index (κ2) is 6.27. The zero-order chi connectivity index (χ0) is 12.8. The van der Waals surface area contributed by atoms with Crippen LogP contribution in [0.2, 0.25) is 0 Å². The summed E-state index contributed by atoms with van der Waals surface area (Å²) in [6.45, 7) is 4.80. The molecule has 0 saturated carbocycles. The molecule has 7 heteroatoms. The number of anilines is 1. The maximum absolute atomic E-state index is 10.9. The van der Waals surface area contributed by atoms with Crippen LogP contribution in [-0.2, 0) is 4.74 Å². The van der Waals surface area contributed by atoms with Crippen molar-refractivity contribution in [2.75, 3.05) is 44.7 Å². The third-order valence-electron chi connectivity index (χ3n) is 2.72. The first-order valence-corrected chi connectivity index (χ1v) is 5.85. The number of carbonyl (C=O) groups is 1. The van der Waals surface area contributed by atoms with Gasteiger partial charge in [0.25, 0.3) is 0 Å². The van der Waals surface area contributed by atoms with Gasteiger partial charge in [-0.2, -0.15) is 0 Å². The second-order valence-corrected chi connectivity index (χ2v) is 3.94. The molecule has 2 heterocycles. The molecule has 98 valence electrons. The van der Waals surface area contributed by atoms with Crippen LogP contribution in [0.5, 0.6) is 0 Å². The number of aromatic carboxylic acids is 1. The van der Waals surface area contributed by atoms with Crippen LogP contribution in [0.25, 0.3) is 0 Å². The molecule has 0 unspecified atom stereocenters. The summed E-state index contributed by atoms with van der Waals surface area (Å²) in [6, 6.07) is 0. The van der Waals surface area contributed by atoms with Crippen LogP contribution < -0.4 is 5.32 Å². The molecule has 0 aromatic carbocycles. The van der Waals surface area contributed by atoms with Gasteiger partial charge in [0.2, 0.25) is 0 Å². The molecular weight excluding hydrogens is 236 g/mol. The van der Waals surface area contributed by atoms with Crippen LogP contribution >= 0.6 is 0 Å². The van der Waals surface area contributed by atoms with E-state index in [1.807, 2.05) is 0 Å². The Balaban J connectivity index is 1.84. The lowest BCUT2D eigenvalue weighted by Gasteiger charge is -2.26. The van der Waals surface area contributed by atoms with Crippen molar-refractivity contribution in [2.24, 2.45) is 0 Å². The van der Waals surface area contributed by atoms with Crippen molar-refractivity contribution in [3.05, 3.63) is 18.1 Å². The first kappa shape index (κ1) is 12.7. The number of carboxylic acids is 1. The van der Waals surface area contributed by atoms with E-state index in [1.165, 1.54) is 12.4 Å². The predicted molar refractivity (Wildman–Crippen MR) is 64.7 cm³/mol. The van der Waals surface area contributed by atoms with Gasteiger partial charge in [-0.1, -0.05) is 0 Å². The minimum Gasteiger partial charge on any atom is -0.476 e. The highest BCUT2D eigenvalue weighted by atomic mass is 16.5. The molecule has 1 fully saturated rings. The molecule has 1 saturated heterocycles.